The van der Waals surface area contributed by atoms with Crippen LogP contribution in [0.1, 0.15) is 24.1 Å². The molecule has 23 heavy (non-hydrogen) atoms. The van der Waals surface area contributed by atoms with Gasteiger partial charge < -0.3 is 10.1 Å². The van der Waals surface area contributed by atoms with E-state index in [4.69, 9.17) is 33.2 Å². The molecule has 0 aliphatic carbocycles. The minimum absolute atomic E-state index is 0.124. The van der Waals surface area contributed by atoms with Crippen LogP contribution in [0.25, 0.3) is 0 Å². The van der Waals surface area contributed by atoms with Crippen molar-refractivity contribution >= 4 is 29.1 Å². The molecular formula is C17H14Cl2N2O2. The molecule has 0 spiro atoms. The van der Waals surface area contributed by atoms with Crippen LogP contribution < -0.4 is 10.1 Å². The van der Waals surface area contributed by atoms with E-state index in [9.17, 15) is 4.79 Å². The van der Waals surface area contributed by atoms with Gasteiger partial charge in [-0.2, -0.15) is 5.26 Å². The van der Waals surface area contributed by atoms with Crippen LogP contribution in [-0.4, -0.2) is 12.5 Å². The molecule has 0 radical (unpaired) electrons. The minimum atomic E-state index is -0.270. The lowest BCUT2D eigenvalue weighted by Gasteiger charge is -2.16. The molecule has 2 aromatic carbocycles. The molecule has 0 aliphatic rings. The Kier molecular flexibility index (Phi) is 5.86. The lowest BCUT2D eigenvalue weighted by molar-refractivity contribution is -0.123. The zero-order valence-corrected chi connectivity index (χ0v) is 13.9. The minimum Gasteiger partial charge on any atom is -0.484 e. The molecule has 6 heteroatoms. The number of halogens is 2. The van der Waals surface area contributed by atoms with Gasteiger partial charge in [-0.05, 0) is 48.9 Å². The van der Waals surface area contributed by atoms with E-state index < -0.39 is 0 Å². The highest BCUT2D eigenvalue weighted by atomic mass is 35.5. The van der Waals surface area contributed by atoms with Crippen molar-refractivity contribution in [3.8, 4) is 11.8 Å². The molecule has 2 rings (SSSR count). The van der Waals surface area contributed by atoms with Gasteiger partial charge in [0.1, 0.15) is 5.75 Å². The van der Waals surface area contributed by atoms with E-state index in [1.807, 2.05) is 13.0 Å². The summed E-state index contributed by atoms with van der Waals surface area (Å²) in [4.78, 5) is 11.9. The fourth-order valence-electron chi connectivity index (χ4n) is 1.99. The van der Waals surface area contributed by atoms with Crippen molar-refractivity contribution in [3.05, 3.63) is 63.6 Å². The zero-order valence-electron chi connectivity index (χ0n) is 12.3. The molecule has 0 fully saturated rings. The van der Waals surface area contributed by atoms with Crippen molar-refractivity contribution < 1.29 is 9.53 Å². The number of amides is 1. The molecule has 0 bridgehead atoms. The van der Waals surface area contributed by atoms with E-state index in [1.165, 1.54) is 0 Å². The van der Waals surface area contributed by atoms with Gasteiger partial charge in [0.25, 0.3) is 5.91 Å². The highest BCUT2D eigenvalue weighted by Crippen LogP contribution is 2.26. The number of carbonyl (C=O) groups excluding carboxylic acids is 1. The van der Waals surface area contributed by atoms with Gasteiger partial charge in [0.2, 0.25) is 0 Å². The van der Waals surface area contributed by atoms with E-state index in [0.717, 1.165) is 5.56 Å². The molecule has 0 aliphatic heterocycles. The molecule has 1 atom stereocenters. The Bertz CT molecular complexity index is 739. The Labute approximate surface area is 144 Å². The quantitative estimate of drug-likeness (QED) is 0.883. The summed E-state index contributed by atoms with van der Waals surface area (Å²) in [7, 11) is 0. The third kappa shape index (κ3) is 4.88. The second kappa shape index (κ2) is 7.87. The number of hydrogen-bond donors (Lipinski definition) is 1. The van der Waals surface area contributed by atoms with E-state index in [-0.39, 0.29) is 18.6 Å². The molecule has 1 N–H and O–H groups in total. The third-order valence-corrected chi connectivity index (χ3v) is 3.72. The maximum atomic E-state index is 11.9. The molecule has 4 nitrogen and oxygen atoms in total. The summed E-state index contributed by atoms with van der Waals surface area (Å²) >= 11 is 12.0. The monoisotopic (exact) mass is 348 g/mol. The van der Waals surface area contributed by atoms with Gasteiger partial charge >= 0.3 is 0 Å². The molecule has 0 saturated heterocycles. The van der Waals surface area contributed by atoms with Crippen LogP contribution >= 0.6 is 23.2 Å². The average Bonchev–Trinajstić information content (AvgIpc) is 2.53. The van der Waals surface area contributed by atoms with E-state index >= 15 is 0 Å². The molecule has 0 aromatic heterocycles. The molecule has 0 saturated carbocycles. The summed E-state index contributed by atoms with van der Waals surface area (Å²) in [6, 6.07) is 13.4. The van der Waals surface area contributed by atoms with Gasteiger partial charge in [0, 0.05) is 10.0 Å². The lowest BCUT2D eigenvalue weighted by Crippen LogP contribution is -2.31. The highest BCUT2D eigenvalue weighted by Gasteiger charge is 2.13. The normalized spacial score (nSPS) is 11.4. The largest absolute Gasteiger partial charge is 0.484 e. The van der Waals surface area contributed by atoms with Gasteiger partial charge in [0.15, 0.2) is 6.61 Å². The number of nitrogens with zero attached hydrogens (tertiary/aromatic N) is 1. The Hall–Kier alpha value is -2.22. The third-order valence-electron chi connectivity index (χ3n) is 3.16. The number of benzene rings is 2. The maximum absolute atomic E-state index is 11.9. The van der Waals surface area contributed by atoms with Crippen molar-refractivity contribution in [2.45, 2.75) is 13.0 Å². The van der Waals surface area contributed by atoms with Crippen LogP contribution in [0, 0.1) is 11.3 Å². The van der Waals surface area contributed by atoms with Gasteiger partial charge in [-0.15, -0.1) is 0 Å². The fourth-order valence-corrected chi connectivity index (χ4v) is 2.56. The van der Waals surface area contributed by atoms with Gasteiger partial charge in [0.05, 0.1) is 17.7 Å². The Balaban J connectivity index is 1.89. The predicted octanol–water partition coefficient (Wildman–Crippen LogP) is 4.12. The maximum Gasteiger partial charge on any atom is 0.258 e. The summed E-state index contributed by atoms with van der Waals surface area (Å²) < 4.78 is 5.38. The van der Waals surface area contributed by atoms with Gasteiger partial charge in [-0.25, -0.2) is 0 Å². The topological polar surface area (TPSA) is 62.1 Å². The van der Waals surface area contributed by atoms with E-state index in [2.05, 4.69) is 5.32 Å². The number of rotatable bonds is 5. The zero-order chi connectivity index (χ0) is 16.8. The molecule has 1 unspecified atom stereocenters. The van der Waals surface area contributed by atoms with Gasteiger partial charge in [-0.1, -0.05) is 29.3 Å². The molecule has 0 heterocycles. The smallest absolute Gasteiger partial charge is 0.258 e. The van der Waals surface area contributed by atoms with Crippen LogP contribution in [0.2, 0.25) is 10.0 Å². The van der Waals surface area contributed by atoms with Gasteiger partial charge in [-0.3, -0.25) is 4.79 Å². The van der Waals surface area contributed by atoms with Crippen LogP contribution in [0.3, 0.4) is 0 Å². The average molecular weight is 349 g/mol. The Morgan fingerprint density at radius 1 is 1.26 bits per heavy atom. The first-order valence-corrected chi connectivity index (χ1v) is 7.62. The Morgan fingerprint density at radius 2 is 1.96 bits per heavy atom. The van der Waals surface area contributed by atoms with Crippen molar-refractivity contribution in [2.24, 2.45) is 0 Å². The summed E-state index contributed by atoms with van der Waals surface area (Å²) in [6.45, 7) is 1.70. The summed E-state index contributed by atoms with van der Waals surface area (Å²) in [5.41, 5.74) is 1.32. The number of nitrogens with one attached hydrogen (secondary N) is 1. The van der Waals surface area contributed by atoms with Crippen LogP contribution in [0.4, 0.5) is 0 Å². The standard InChI is InChI=1S/C17H14Cl2N2O2/c1-11(15-7-4-13(18)8-16(15)19)21-17(22)10-23-14-5-2-12(9-20)3-6-14/h2-8,11H,10H2,1H3,(H,21,22). The summed E-state index contributed by atoms with van der Waals surface area (Å²) in [5.74, 6) is 0.254. The summed E-state index contributed by atoms with van der Waals surface area (Å²) in [6.07, 6.45) is 0. The summed E-state index contributed by atoms with van der Waals surface area (Å²) in [5, 5.41) is 12.6. The molecule has 2 aromatic rings. The Morgan fingerprint density at radius 3 is 2.57 bits per heavy atom. The van der Waals surface area contributed by atoms with E-state index in [1.54, 1.807) is 42.5 Å². The number of hydrogen-bond acceptors (Lipinski definition) is 3. The first kappa shape index (κ1) is 17.1. The molecule has 118 valence electrons. The first-order valence-electron chi connectivity index (χ1n) is 6.87. The first-order chi connectivity index (χ1) is 11.0. The lowest BCUT2D eigenvalue weighted by atomic mass is 10.1. The number of nitriles is 1. The van der Waals surface area contributed by atoms with Crippen molar-refractivity contribution in [2.75, 3.05) is 6.61 Å². The predicted molar refractivity (Wildman–Crippen MR) is 89.7 cm³/mol. The second-order valence-corrected chi connectivity index (χ2v) is 5.72. The van der Waals surface area contributed by atoms with Crippen molar-refractivity contribution in [1.29, 1.82) is 5.26 Å². The van der Waals surface area contributed by atoms with Crippen LogP contribution in [-0.2, 0) is 4.79 Å². The molecule has 1 amide bonds. The van der Waals surface area contributed by atoms with Crippen LogP contribution in [0.15, 0.2) is 42.5 Å². The van der Waals surface area contributed by atoms with Crippen molar-refractivity contribution in [1.82, 2.24) is 5.32 Å². The van der Waals surface area contributed by atoms with E-state index in [0.29, 0.717) is 21.4 Å². The van der Waals surface area contributed by atoms with Crippen molar-refractivity contribution in [3.63, 3.8) is 0 Å². The number of ether oxygens (including phenoxy) is 1. The SMILES string of the molecule is CC(NC(=O)COc1ccc(C#N)cc1)c1ccc(Cl)cc1Cl. The molecular weight excluding hydrogens is 335 g/mol. The fraction of sp³-hybridized carbons (Fsp3) is 0.176. The second-order valence-electron chi connectivity index (χ2n) is 4.88. The number of carbonyl (C=O) groups is 1. The van der Waals surface area contributed by atoms with Crippen LogP contribution in [0.5, 0.6) is 5.75 Å². The highest BCUT2D eigenvalue weighted by molar-refractivity contribution is 6.35.